The van der Waals surface area contributed by atoms with Crippen molar-refractivity contribution in [1.29, 1.82) is 5.26 Å². The highest BCUT2D eigenvalue weighted by Gasteiger charge is 2.13. The summed E-state index contributed by atoms with van der Waals surface area (Å²) in [4.78, 5) is 12.4. The number of amides is 1. The summed E-state index contributed by atoms with van der Waals surface area (Å²) in [7, 11) is 3.01. The Balaban J connectivity index is 2.11. The highest BCUT2D eigenvalue weighted by molar-refractivity contribution is 6.07. The number of hydrogen-bond donors (Lipinski definition) is 2. The van der Waals surface area contributed by atoms with Gasteiger partial charge in [0.2, 0.25) is 0 Å². The van der Waals surface area contributed by atoms with E-state index in [-0.39, 0.29) is 5.57 Å². The Kier molecular flexibility index (Phi) is 7.08. The number of nitrogens with one attached hydrogen (secondary N) is 2. The highest BCUT2D eigenvalue weighted by atomic mass is 16.5. The molecule has 1 amide bonds. The number of methoxy groups -OCH3 is 2. The number of carbonyl (C=O) groups is 1. The summed E-state index contributed by atoms with van der Waals surface area (Å²) in [6, 6.07) is 14.1. The number of hydrogen-bond acceptors (Lipinski definition) is 6. The molecule has 0 radical (unpaired) electrons. The fourth-order valence-corrected chi connectivity index (χ4v) is 2.22. The van der Waals surface area contributed by atoms with Crippen molar-refractivity contribution in [2.45, 2.75) is 6.92 Å². The molecule has 0 bridgehead atoms. The molecule has 0 fully saturated rings. The number of benzene rings is 2. The SMILES string of the molecule is CCOc1ccc(N/C=C(/C#N)C(=O)Nc2cc(OC)ccc2OC)cc1. The molecule has 0 atom stereocenters. The van der Waals surface area contributed by atoms with Crippen LogP contribution in [0.3, 0.4) is 0 Å². The minimum absolute atomic E-state index is 0.0891. The van der Waals surface area contributed by atoms with E-state index in [1.807, 2.05) is 13.0 Å². The van der Waals surface area contributed by atoms with Gasteiger partial charge in [-0.15, -0.1) is 0 Å². The lowest BCUT2D eigenvalue weighted by molar-refractivity contribution is -0.112. The van der Waals surface area contributed by atoms with Gasteiger partial charge in [0, 0.05) is 18.0 Å². The van der Waals surface area contributed by atoms with Crippen LogP contribution in [0.5, 0.6) is 17.2 Å². The van der Waals surface area contributed by atoms with Crippen LogP contribution in [0, 0.1) is 11.3 Å². The molecular formula is C20H21N3O4. The second kappa shape index (κ2) is 9.73. The van der Waals surface area contributed by atoms with Gasteiger partial charge in [-0.25, -0.2) is 0 Å². The molecule has 0 aromatic heterocycles. The van der Waals surface area contributed by atoms with Crippen LogP contribution in [0.4, 0.5) is 11.4 Å². The number of nitrogens with zero attached hydrogens (tertiary/aromatic N) is 1. The minimum atomic E-state index is -0.567. The lowest BCUT2D eigenvalue weighted by atomic mass is 10.2. The van der Waals surface area contributed by atoms with E-state index in [1.165, 1.54) is 20.4 Å². The normalized spacial score (nSPS) is 10.5. The van der Waals surface area contributed by atoms with Gasteiger partial charge >= 0.3 is 0 Å². The summed E-state index contributed by atoms with van der Waals surface area (Å²) in [5.74, 6) is 1.19. The van der Waals surface area contributed by atoms with Crippen molar-refractivity contribution in [3.05, 3.63) is 54.2 Å². The van der Waals surface area contributed by atoms with Crippen LogP contribution in [0.2, 0.25) is 0 Å². The molecule has 2 rings (SSSR count). The monoisotopic (exact) mass is 367 g/mol. The van der Waals surface area contributed by atoms with Gasteiger partial charge in [0.1, 0.15) is 28.9 Å². The molecule has 7 nitrogen and oxygen atoms in total. The van der Waals surface area contributed by atoms with Crippen LogP contribution < -0.4 is 24.8 Å². The van der Waals surface area contributed by atoms with Crippen molar-refractivity contribution < 1.29 is 19.0 Å². The zero-order valence-corrected chi connectivity index (χ0v) is 15.4. The quantitative estimate of drug-likeness (QED) is 0.547. The average molecular weight is 367 g/mol. The van der Waals surface area contributed by atoms with Crippen LogP contribution >= 0.6 is 0 Å². The predicted octanol–water partition coefficient (Wildman–Crippen LogP) is 3.56. The second-order valence-corrected chi connectivity index (χ2v) is 5.29. The molecule has 0 aliphatic rings. The summed E-state index contributed by atoms with van der Waals surface area (Å²) in [5.41, 5.74) is 1.04. The smallest absolute Gasteiger partial charge is 0.267 e. The van der Waals surface area contributed by atoms with Crippen molar-refractivity contribution in [3.63, 3.8) is 0 Å². The van der Waals surface area contributed by atoms with Crippen LogP contribution in [-0.2, 0) is 4.79 Å². The Hall–Kier alpha value is -3.66. The molecule has 0 aliphatic heterocycles. The summed E-state index contributed by atoms with van der Waals surface area (Å²) in [6.07, 6.45) is 1.34. The van der Waals surface area contributed by atoms with E-state index in [2.05, 4.69) is 10.6 Å². The minimum Gasteiger partial charge on any atom is -0.497 e. The first kappa shape index (κ1) is 19.7. The molecule has 2 aromatic carbocycles. The van der Waals surface area contributed by atoms with E-state index in [4.69, 9.17) is 14.2 Å². The number of rotatable bonds is 8. The molecule has 7 heteroatoms. The summed E-state index contributed by atoms with van der Waals surface area (Å²) in [5, 5.41) is 14.9. The Morgan fingerprint density at radius 2 is 1.81 bits per heavy atom. The van der Waals surface area contributed by atoms with E-state index < -0.39 is 5.91 Å². The average Bonchev–Trinajstić information content (AvgIpc) is 2.69. The van der Waals surface area contributed by atoms with Crippen LogP contribution in [0.25, 0.3) is 0 Å². The fourth-order valence-electron chi connectivity index (χ4n) is 2.22. The van der Waals surface area contributed by atoms with Gasteiger partial charge in [-0.1, -0.05) is 0 Å². The third-order valence-electron chi connectivity index (χ3n) is 3.57. The van der Waals surface area contributed by atoms with E-state index in [9.17, 15) is 10.1 Å². The predicted molar refractivity (Wildman–Crippen MR) is 103 cm³/mol. The van der Waals surface area contributed by atoms with Crippen molar-refractivity contribution in [1.82, 2.24) is 0 Å². The topological polar surface area (TPSA) is 92.6 Å². The van der Waals surface area contributed by atoms with Gasteiger partial charge in [0.15, 0.2) is 0 Å². The van der Waals surface area contributed by atoms with Crippen LogP contribution in [0.15, 0.2) is 54.2 Å². The Morgan fingerprint density at radius 3 is 2.41 bits per heavy atom. The summed E-state index contributed by atoms with van der Waals surface area (Å²) in [6.45, 7) is 2.49. The van der Waals surface area contributed by atoms with E-state index in [0.29, 0.717) is 23.8 Å². The first-order chi connectivity index (χ1) is 13.1. The Morgan fingerprint density at radius 1 is 1.11 bits per heavy atom. The van der Waals surface area contributed by atoms with Gasteiger partial charge in [0.25, 0.3) is 5.91 Å². The lowest BCUT2D eigenvalue weighted by Crippen LogP contribution is -2.15. The van der Waals surface area contributed by atoms with Crippen molar-refractivity contribution in [2.24, 2.45) is 0 Å². The van der Waals surface area contributed by atoms with Crippen LogP contribution in [0.1, 0.15) is 6.92 Å². The zero-order chi connectivity index (χ0) is 19.6. The number of anilines is 2. The van der Waals surface area contributed by atoms with E-state index in [0.717, 1.165) is 11.4 Å². The maximum absolute atomic E-state index is 12.4. The largest absolute Gasteiger partial charge is 0.497 e. The van der Waals surface area contributed by atoms with Gasteiger partial charge in [-0.3, -0.25) is 4.79 Å². The molecule has 0 heterocycles. The maximum Gasteiger partial charge on any atom is 0.267 e. The Bertz CT molecular complexity index is 855. The summed E-state index contributed by atoms with van der Waals surface area (Å²) >= 11 is 0. The van der Waals surface area contributed by atoms with Crippen molar-refractivity contribution in [2.75, 3.05) is 31.5 Å². The lowest BCUT2D eigenvalue weighted by Gasteiger charge is -2.11. The maximum atomic E-state index is 12.4. The third kappa shape index (κ3) is 5.41. The third-order valence-corrected chi connectivity index (χ3v) is 3.57. The standard InChI is InChI=1S/C20H21N3O4/c1-4-27-16-7-5-15(6-8-16)22-13-14(12-21)20(24)23-18-11-17(25-2)9-10-19(18)26-3/h5-11,13,22H,4H2,1-3H3,(H,23,24)/b14-13-. The zero-order valence-electron chi connectivity index (χ0n) is 15.4. The molecule has 0 spiro atoms. The van der Waals surface area contributed by atoms with E-state index >= 15 is 0 Å². The molecule has 27 heavy (non-hydrogen) atoms. The first-order valence-corrected chi connectivity index (χ1v) is 8.24. The van der Waals surface area contributed by atoms with Gasteiger partial charge in [0.05, 0.1) is 26.5 Å². The molecule has 0 saturated heterocycles. The molecule has 0 saturated carbocycles. The molecule has 0 aliphatic carbocycles. The highest BCUT2D eigenvalue weighted by Crippen LogP contribution is 2.29. The number of ether oxygens (including phenoxy) is 3. The molecule has 2 aromatic rings. The first-order valence-electron chi connectivity index (χ1n) is 8.24. The molecule has 140 valence electrons. The van der Waals surface area contributed by atoms with Crippen LogP contribution in [-0.4, -0.2) is 26.7 Å². The van der Waals surface area contributed by atoms with Crippen molar-refractivity contribution in [3.8, 4) is 23.3 Å². The second-order valence-electron chi connectivity index (χ2n) is 5.29. The molecular weight excluding hydrogens is 346 g/mol. The molecule has 0 unspecified atom stereocenters. The van der Waals surface area contributed by atoms with Gasteiger partial charge in [-0.05, 0) is 43.3 Å². The van der Waals surface area contributed by atoms with Crippen molar-refractivity contribution >= 4 is 17.3 Å². The van der Waals surface area contributed by atoms with E-state index in [1.54, 1.807) is 42.5 Å². The number of nitriles is 1. The molecule has 2 N–H and O–H groups in total. The van der Waals surface area contributed by atoms with Gasteiger partial charge < -0.3 is 24.8 Å². The van der Waals surface area contributed by atoms with Gasteiger partial charge in [-0.2, -0.15) is 5.26 Å². The number of carbonyl (C=O) groups excluding carboxylic acids is 1. The Labute approximate surface area is 158 Å². The fraction of sp³-hybridized carbons (Fsp3) is 0.200. The summed E-state index contributed by atoms with van der Waals surface area (Å²) < 4.78 is 15.7.